The van der Waals surface area contributed by atoms with Crippen LogP contribution in [0.2, 0.25) is 0 Å². The van der Waals surface area contributed by atoms with E-state index in [1.807, 2.05) is 36.4 Å². The van der Waals surface area contributed by atoms with Crippen LogP contribution in [0.5, 0.6) is 11.5 Å². The lowest BCUT2D eigenvalue weighted by Gasteiger charge is -2.14. The summed E-state index contributed by atoms with van der Waals surface area (Å²) in [5.41, 5.74) is 9.35. The lowest BCUT2D eigenvalue weighted by Crippen LogP contribution is -2.05. The number of nitrogen functional groups attached to an aromatic ring is 1. The van der Waals surface area contributed by atoms with Crippen molar-refractivity contribution in [2.45, 2.75) is 0 Å². The highest BCUT2D eigenvalue weighted by atomic mass is 16.5. The summed E-state index contributed by atoms with van der Waals surface area (Å²) in [4.78, 5) is 0. The molecule has 0 aromatic heterocycles. The van der Waals surface area contributed by atoms with Crippen molar-refractivity contribution < 1.29 is 14.6 Å². The largest absolute Gasteiger partial charge is 0.497 e. The predicted octanol–water partition coefficient (Wildman–Crippen LogP) is 2.36. The maximum Gasteiger partial charge on any atom is 0.127 e. The quantitative estimate of drug-likeness (QED) is 0.711. The van der Waals surface area contributed by atoms with Gasteiger partial charge in [-0.05, 0) is 36.4 Å². The van der Waals surface area contributed by atoms with Crippen LogP contribution in [0.3, 0.4) is 0 Å². The molecule has 0 aliphatic heterocycles. The molecule has 2 aromatic rings. The number of nitrogens with one attached hydrogen (secondary N) is 1. The molecule has 2 rings (SSSR count). The molecule has 0 spiro atoms. The van der Waals surface area contributed by atoms with Crippen LogP contribution in [-0.4, -0.2) is 32.5 Å². The maximum atomic E-state index is 8.90. The molecule has 4 N–H and O–H groups in total. The van der Waals surface area contributed by atoms with E-state index in [0.29, 0.717) is 12.2 Å². The van der Waals surface area contributed by atoms with Crippen molar-refractivity contribution in [1.29, 1.82) is 0 Å². The Labute approximate surface area is 124 Å². The number of rotatable bonds is 6. The van der Waals surface area contributed by atoms with Gasteiger partial charge in [0.1, 0.15) is 11.5 Å². The highest BCUT2D eigenvalue weighted by Gasteiger charge is 2.11. The maximum absolute atomic E-state index is 8.90. The molecule has 112 valence electrons. The number of aliphatic hydroxyl groups is 1. The first kappa shape index (κ1) is 15.0. The van der Waals surface area contributed by atoms with Crippen molar-refractivity contribution in [3.05, 3.63) is 36.4 Å². The van der Waals surface area contributed by atoms with Crippen LogP contribution in [0.4, 0.5) is 11.4 Å². The summed E-state index contributed by atoms with van der Waals surface area (Å²) >= 11 is 0. The lowest BCUT2D eigenvalue weighted by molar-refractivity contribution is 0.311. The second-order valence-corrected chi connectivity index (χ2v) is 4.52. The minimum absolute atomic E-state index is 0.0716. The number of aliphatic hydroxyl groups excluding tert-OH is 1. The Morgan fingerprint density at radius 1 is 1.05 bits per heavy atom. The topological polar surface area (TPSA) is 76.7 Å². The highest BCUT2D eigenvalue weighted by Crippen LogP contribution is 2.37. The van der Waals surface area contributed by atoms with E-state index in [-0.39, 0.29) is 6.61 Å². The molecule has 0 unspecified atom stereocenters. The van der Waals surface area contributed by atoms with Crippen LogP contribution in [0.15, 0.2) is 36.4 Å². The Hall–Kier alpha value is -2.40. The second kappa shape index (κ2) is 6.85. The van der Waals surface area contributed by atoms with Gasteiger partial charge in [0.25, 0.3) is 0 Å². The average Bonchev–Trinajstić information content (AvgIpc) is 2.53. The number of anilines is 2. The average molecular weight is 288 g/mol. The van der Waals surface area contributed by atoms with E-state index in [0.717, 1.165) is 28.3 Å². The minimum Gasteiger partial charge on any atom is -0.497 e. The Balaban J connectivity index is 2.49. The van der Waals surface area contributed by atoms with Crippen LogP contribution < -0.4 is 20.5 Å². The standard InChI is InChI=1S/C16H20N2O3/c1-20-12-4-6-16(21-2)14(10-12)13-9-11(18-7-8-19)3-5-15(13)17/h3-6,9-10,18-19H,7-8,17H2,1-2H3. The van der Waals surface area contributed by atoms with Crippen molar-refractivity contribution >= 4 is 11.4 Å². The molecule has 5 nitrogen and oxygen atoms in total. The molecular weight excluding hydrogens is 268 g/mol. The van der Waals surface area contributed by atoms with Crippen molar-refractivity contribution in [1.82, 2.24) is 0 Å². The third-order valence-corrected chi connectivity index (χ3v) is 3.19. The summed E-state index contributed by atoms with van der Waals surface area (Å²) in [6, 6.07) is 11.2. The molecule has 0 saturated heterocycles. The van der Waals surface area contributed by atoms with Crippen LogP contribution >= 0.6 is 0 Å². The first-order valence-corrected chi connectivity index (χ1v) is 6.66. The summed E-state index contributed by atoms with van der Waals surface area (Å²) in [5, 5.41) is 12.0. The Morgan fingerprint density at radius 3 is 2.52 bits per heavy atom. The van der Waals surface area contributed by atoms with E-state index in [1.165, 1.54) is 0 Å². The molecule has 0 amide bonds. The number of methoxy groups -OCH3 is 2. The molecule has 0 saturated carbocycles. The van der Waals surface area contributed by atoms with E-state index in [4.69, 9.17) is 20.3 Å². The van der Waals surface area contributed by atoms with Gasteiger partial charge in [-0.25, -0.2) is 0 Å². The first-order chi connectivity index (χ1) is 10.2. The number of nitrogens with two attached hydrogens (primary N) is 1. The van der Waals surface area contributed by atoms with Crippen LogP contribution in [0.25, 0.3) is 11.1 Å². The van der Waals surface area contributed by atoms with Gasteiger partial charge >= 0.3 is 0 Å². The summed E-state index contributed by atoms with van der Waals surface area (Å²) in [6.45, 7) is 0.556. The SMILES string of the molecule is COc1ccc(OC)c(-c2cc(NCCO)ccc2N)c1. The Bertz CT molecular complexity index is 614. The minimum atomic E-state index is 0.0716. The van der Waals surface area contributed by atoms with E-state index in [9.17, 15) is 0 Å². The fourth-order valence-corrected chi connectivity index (χ4v) is 2.12. The van der Waals surface area contributed by atoms with Gasteiger partial charge in [-0.1, -0.05) is 0 Å². The third-order valence-electron chi connectivity index (χ3n) is 3.19. The predicted molar refractivity (Wildman–Crippen MR) is 85.0 cm³/mol. The second-order valence-electron chi connectivity index (χ2n) is 4.52. The Kier molecular flexibility index (Phi) is 4.90. The van der Waals surface area contributed by atoms with E-state index >= 15 is 0 Å². The molecule has 0 radical (unpaired) electrons. The number of ether oxygens (including phenoxy) is 2. The van der Waals surface area contributed by atoms with Crippen LogP contribution in [0, 0.1) is 0 Å². The fraction of sp³-hybridized carbons (Fsp3) is 0.250. The molecule has 0 atom stereocenters. The summed E-state index contributed by atoms with van der Waals surface area (Å²) in [6.07, 6.45) is 0. The summed E-state index contributed by atoms with van der Waals surface area (Å²) in [7, 11) is 3.24. The van der Waals surface area contributed by atoms with Crippen LogP contribution in [0.1, 0.15) is 0 Å². The van der Waals surface area contributed by atoms with Gasteiger partial charge in [-0.3, -0.25) is 0 Å². The molecular formula is C16H20N2O3. The zero-order chi connectivity index (χ0) is 15.2. The third kappa shape index (κ3) is 3.38. The molecule has 0 fully saturated rings. The number of benzene rings is 2. The zero-order valence-corrected chi connectivity index (χ0v) is 12.2. The molecule has 2 aromatic carbocycles. The van der Waals surface area contributed by atoms with E-state index in [1.54, 1.807) is 14.2 Å². The number of hydrogen-bond donors (Lipinski definition) is 3. The molecule has 21 heavy (non-hydrogen) atoms. The molecule has 0 bridgehead atoms. The van der Waals surface area contributed by atoms with Gasteiger partial charge in [-0.15, -0.1) is 0 Å². The van der Waals surface area contributed by atoms with Gasteiger partial charge in [0.05, 0.1) is 20.8 Å². The summed E-state index contributed by atoms with van der Waals surface area (Å²) in [5.74, 6) is 1.46. The van der Waals surface area contributed by atoms with Crippen molar-refractivity contribution in [3.8, 4) is 22.6 Å². The lowest BCUT2D eigenvalue weighted by atomic mass is 10.0. The normalized spacial score (nSPS) is 10.2. The highest BCUT2D eigenvalue weighted by molar-refractivity contribution is 5.83. The Morgan fingerprint density at radius 2 is 1.86 bits per heavy atom. The van der Waals surface area contributed by atoms with Crippen molar-refractivity contribution in [2.24, 2.45) is 0 Å². The van der Waals surface area contributed by atoms with Crippen molar-refractivity contribution in [3.63, 3.8) is 0 Å². The van der Waals surface area contributed by atoms with E-state index in [2.05, 4.69) is 5.32 Å². The molecule has 0 aliphatic carbocycles. The molecule has 0 aliphatic rings. The molecule has 0 heterocycles. The fourth-order valence-electron chi connectivity index (χ4n) is 2.12. The zero-order valence-electron chi connectivity index (χ0n) is 12.2. The number of hydrogen-bond acceptors (Lipinski definition) is 5. The van der Waals surface area contributed by atoms with Gasteiger partial charge in [0.2, 0.25) is 0 Å². The van der Waals surface area contributed by atoms with Gasteiger partial charge < -0.3 is 25.6 Å². The first-order valence-electron chi connectivity index (χ1n) is 6.66. The monoisotopic (exact) mass is 288 g/mol. The molecule has 5 heteroatoms. The smallest absolute Gasteiger partial charge is 0.127 e. The van der Waals surface area contributed by atoms with Crippen molar-refractivity contribution in [2.75, 3.05) is 38.4 Å². The summed E-state index contributed by atoms with van der Waals surface area (Å²) < 4.78 is 10.7. The van der Waals surface area contributed by atoms with Gasteiger partial charge in [-0.2, -0.15) is 0 Å². The van der Waals surface area contributed by atoms with E-state index < -0.39 is 0 Å². The van der Waals surface area contributed by atoms with Gasteiger partial charge in [0.15, 0.2) is 0 Å². The van der Waals surface area contributed by atoms with Gasteiger partial charge in [0, 0.05) is 29.0 Å². The van der Waals surface area contributed by atoms with Crippen LogP contribution in [-0.2, 0) is 0 Å².